The van der Waals surface area contributed by atoms with Crippen molar-refractivity contribution in [1.82, 2.24) is 9.88 Å². The number of amides is 1. The first-order chi connectivity index (χ1) is 11.7. The van der Waals surface area contributed by atoms with Crippen molar-refractivity contribution >= 4 is 5.91 Å². The molecule has 0 spiro atoms. The number of hydrogen-bond donors (Lipinski definition) is 2. The fraction of sp³-hybridized carbons (Fsp3) is 0.450. The Morgan fingerprint density at radius 1 is 1.21 bits per heavy atom. The molecular formula is C20H25N3O. The van der Waals surface area contributed by atoms with E-state index in [1.807, 2.05) is 6.07 Å². The third-order valence-corrected chi connectivity index (χ3v) is 5.50. The maximum Gasteiger partial charge on any atom is 0.250 e. The molecule has 1 atom stereocenters. The number of hydrogen-bond acceptors (Lipinski definition) is 2. The second kappa shape index (κ2) is 6.44. The summed E-state index contributed by atoms with van der Waals surface area (Å²) in [5, 5.41) is 3.72. The Labute approximate surface area is 143 Å². The summed E-state index contributed by atoms with van der Waals surface area (Å²) in [5.74, 6) is -0.296. The zero-order chi connectivity index (χ0) is 16.5. The molecule has 4 rings (SSSR count). The molecule has 0 radical (unpaired) electrons. The van der Waals surface area contributed by atoms with E-state index in [0.717, 1.165) is 37.2 Å². The average molecular weight is 323 g/mol. The number of primary amides is 1. The number of benzene rings is 1. The molecule has 4 heteroatoms. The predicted octanol–water partition coefficient (Wildman–Crippen LogP) is 3.09. The van der Waals surface area contributed by atoms with Crippen LogP contribution in [0, 0.1) is 0 Å². The van der Waals surface area contributed by atoms with E-state index in [1.165, 1.54) is 42.5 Å². The number of fused-ring (bicyclic) bond motifs is 2. The average Bonchev–Trinajstić information content (AvgIpc) is 2.99. The van der Waals surface area contributed by atoms with Crippen LogP contribution >= 0.6 is 0 Å². The van der Waals surface area contributed by atoms with E-state index in [9.17, 15) is 4.79 Å². The lowest BCUT2D eigenvalue weighted by Crippen LogP contribution is -2.26. The Balaban J connectivity index is 1.56. The first kappa shape index (κ1) is 15.5. The molecule has 24 heavy (non-hydrogen) atoms. The SMILES string of the molecule is NC(=O)c1cc(CNC2CCCc3ccccc32)n2c1CCCC2. The zero-order valence-electron chi connectivity index (χ0n) is 14.1. The molecule has 3 N–H and O–H groups in total. The fourth-order valence-corrected chi connectivity index (χ4v) is 4.31. The minimum atomic E-state index is -0.296. The van der Waals surface area contributed by atoms with E-state index in [1.54, 1.807) is 0 Å². The van der Waals surface area contributed by atoms with Crippen LogP contribution in [-0.4, -0.2) is 10.5 Å². The van der Waals surface area contributed by atoms with Gasteiger partial charge in [0.25, 0.3) is 5.91 Å². The summed E-state index contributed by atoms with van der Waals surface area (Å²) in [6.45, 7) is 1.79. The van der Waals surface area contributed by atoms with E-state index in [0.29, 0.717) is 6.04 Å². The number of nitrogens with zero attached hydrogens (tertiary/aromatic N) is 1. The van der Waals surface area contributed by atoms with Gasteiger partial charge in [-0.25, -0.2) is 0 Å². The van der Waals surface area contributed by atoms with Crippen LogP contribution in [0.5, 0.6) is 0 Å². The fourth-order valence-electron chi connectivity index (χ4n) is 4.31. The van der Waals surface area contributed by atoms with Crippen molar-refractivity contribution in [2.75, 3.05) is 0 Å². The quantitative estimate of drug-likeness (QED) is 0.908. The Morgan fingerprint density at radius 2 is 2.08 bits per heavy atom. The Morgan fingerprint density at radius 3 is 2.96 bits per heavy atom. The van der Waals surface area contributed by atoms with Gasteiger partial charge in [-0.05, 0) is 55.7 Å². The molecular weight excluding hydrogens is 298 g/mol. The van der Waals surface area contributed by atoms with Crippen LogP contribution in [0.1, 0.15) is 64.6 Å². The second-order valence-electron chi connectivity index (χ2n) is 6.99. The molecule has 1 aliphatic heterocycles. The Bertz CT molecular complexity index is 762. The summed E-state index contributed by atoms with van der Waals surface area (Å²) >= 11 is 0. The molecule has 0 saturated carbocycles. The van der Waals surface area contributed by atoms with Crippen molar-refractivity contribution in [2.24, 2.45) is 5.73 Å². The summed E-state index contributed by atoms with van der Waals surface area (Å²) in [5.41, 5.74) is 11.5. The zero-order valence-corrected chi connectivity index (χ0v) is 14.1. The third-order valence-electron chi connectivity index (χ3n) is 5.50. The van der Waals surface area contributed by atoms with E-state index in [-0.39, 0.29) is 5.91 Å². The number of carbonyl (C=O) groups excluding carboxylic acids is 1. The monoisotopic (exact) mass is 323 g/mol. The van der Waals surface area contributed by atoms with Crippen LogP contribution in [0.2, 0.25) is 0 Å². The normalized spacial score (nSPS) is 19.6. The highest BCUT2D eigenvalue weighted by atomic mass is 16.1. The van der Waals surface area contributed by atoms with Gasteiger partial charge in [0, 0.05) is 30.5 Å². The number of nitrogens with one attached hydrogen (secondary N) is 1. The van der Waals surface area contributed by atoms with Crippen molar-refractivity contribution in [3.63, 3.8) is 0 Å². The van der Waals surface area contributed by atoms with Crippen molar-refractivity contribution in [2.45, 2.75) is 57.7 Å². The standard InChI is InChI=1S/C20H25N3O/c21-20(24)17-12-15(23-11-4-3-10-19(17)23)13-22-18-9-5-7-14-6-1-2-8-16(14)18/h1-2,6,8,12,18,22H,3-5,7,9-11,13H2,(H2,21,24). The van der Waals surface area contributed by atoms with E-state index in [4.69, 9.17) is 5.73 Å². The van der Waals surface area contributed by atoms with E-state index in [2.05, 4.69) is 34.1 Å². The number of carbonyl (C=O) groups is 1. The van der Waals surface area contributed by atoms with Gasteiger partial charge in [-0.15, -0.1) is 0 Å². The van der Waals surface area contributed by atoms with Gasteiger partial charge >= 0.3 is 0 Å². The van der Waals surface area contributed by atoms with E-state index < -0.39 is 0 Å². The molecule has 126 valence electrons. The van der Waals surface area contributed by atoms with Gasteiger partial charge in [-0.1, -0.05) is 24.3 Å². The van der Waals surface area contributed by atoms with Crippen molar-refractivity contribution in [3.05, 3.63) is 58.4 Å². The first-order valence-corrected chi connectivity index (χ1v) is 9.06. The summed E-state index contributed by atoms with van der Waals surface area (Å²) in [6.07, 6.45) is 6.87. The summed E-state index contributed by atoms with van der Waals surface area (Å²) in [4.78, 5) is 11.7. The maximum atomic E-state index is 11.7. The van der Waals surface area contributed by atoms with Gasteiger partial charge in [0.05, 0.1) is 5.56 Å². The maximum absolute atomic E-state index is 11.7. The van der Waals surface area contributed by atoms with Crippen LogP contribution < -0.4 is 11.1 Å². The summed E-state index contributed by atoms with van der Waals surface area (Å²) in [6, 6.07) is 11.2. The van der Waals surface area contributed by atoms with Crippen molar-refractivity contribution in [3.8, 4) is 0 Å². The minimum absolute atomic E-state index is 0.296. The first-order valence-electron chi connectivity index (χ1n) is 9.06. The highest BCUT2D eigenvalue weighted by molar-refractivity contribution is 5.94. The number of aromatic nitrogens is 1. The molecule has 0 fully saturated rings. The molecule has 1 unspecified atom stereocenters. The van der Waals surface area contributed by atoms with Crippen LogP contribution in [-0.2, 0) is 25.9 Å². The molecule has 1 aliphatic carbocycles. The highest BCUT2D eigenvalue weighted by Gasteiger charge is 2.23. The number of nitrogens with two attached hydrogens (primary N) is 1. The van der Waals surface area contributed by atoms with Gasteiger partial charge in [-0.2, -0.15) is 0 Å². The Kier molecular flexibility index (Phi) is 4.15. The summed E-state index contributed by atoms with van der Waals surface area (Å²) < 4.78 is 2.31. The largest absolute Gasteiger partial charge is 0.366 e. The molecule has 0 bridgehead atoms. The van der Waals surface area contributed by atoms with Gasteiger partial charge in [0.15, 0.2) is 0 Å². The predicted molar refractivity (Wildman–Crippen MR) is 94.8 cm³/mol. The van der Waals surface area contributed by atoms with Gasteiger partial charge in [-0.3, -0.25) is 4.79 Å². The second-order valence-corrected chi connectivity index (χ2v) is 6.99. The van der Waals surface area contributed by atoms with Crippen LogP contribution in [0.25, 0.3) is 0 Å². The topological polar surface area (TPSA) is 60.1 Å². The number of aryl methyl sites for hydroxylation is 1. The third kappa shape index (κ3) is 2.75. The lowest BCUT2D eigenvalue weighted by atomic mass is 9.88. The van der Waals surface area contributed by atoms with Crippen molar-refractivity contribution < 1.29 is 4.79 Å². The van der Waals surface area contributed by atoms with Crippen LogP contribution in [0.3, 0.4) is 0 Å². The molecule has 1 amide bonds. The smallest absolute Gasteiger partial charge is 0.250 e. The molecule has 0 saturated heterocycles. The summed E-state index contributed by atoms with van der Waals surface area (Å²) in [7, 11) is 0. The Hall–Kier alpha value is -2.07. The van der Waals surface area contributed by atoms with Gasteiger partial charge in [0.1, 0.15) is 0 Å². The number of rotatable bonds is 4. The molecule has 1 aromatic carbocycles. The van der Waals surface area contributed by atoms with Crippen molar-refractivity contribution in [1.29, 1.82) is 0 Å². The highest BCUT2D eigenvalue weighted by Crippen LogP contribution is 2.30. The molecule has 1 aromatic heterocycles. The molecule has 2 heterocycles. The molecule has 4 nitrogen and oxygen atoms in total. The molecule has 2 aromatic rings. The lowest BCUT2D eigenvalue weighted by molar-refractivity contribution is 0.0999. The minimum Gasteiger partial charge on any atom is -0.366 e. The lowest BCUT2D eigenvalue weighted by Gasteiger charge is -2.27. The van der Waals surface area contributed by atoms with Gasteiger partial charge < -0.3 is 15.6 Å². The van der Waals surface area contributed by atoms with Crippen LogP contribution in [0.15, 0.2) is 30.3 Å². The van der Waals surface area contributed by atoms with Gasteiger partial charge in [0.2, 0.25) is 0 Å². The molecule has 2 aliphatic rings. The van der Waals surface area contributed by atoms with E-state index >= 15 is 0 Å². The van der Waals surface area contributed by atoms with Crippen LogP contribution in [0.4, 0.5) is 0 Å².